The standard InChI is InChI=1S/C18H26ClN3O2/c1-14(24-16-5-3-4-15(19)10-16)11-21-17(20-2)22-8-6-18(12-22)7-9-23-13-18/h3-5,10,14H,6-9,11-13H2,1-2H3,(H,20,21). The third-order valence-electron chi connectivity index (χ3n) is 4.82. The van der Waals surface area contributed by atoms with E-state index in [-0.39, 0.29) is 6.10 Å². The molecule has 2 unspecified atom stereocenters. The van der Waals surface area contributed by atoms with E-state index >= 15 is 0 Å². The Bertz CT molecular complexity index is 587. The third kappa shape index (κ3) is 4.14. The number of halogens is 1. The second-order valence-electron chi connectivity index (χ2n) is 6.79. The minimum Gasteiger partial charge on any atom is -0.489 e. The highest BCUT2D eigenvalue weighted by atomic mass is 35.5. The second-order valence-corrected chi connectivity index (χ2v) is 7.22. The maximum absolute atomic E-state index is 5.99. The van der Waals surface area contributed by atoms with Crippen LogP contribution in [-0.2, 0) is 4.74 Å². The van der Waals surface area contributed by atoms with Gasteiger partial charge in [-0.15, -0.1) is 0 Å². The van der Waals surface area contributed by atoms with Gasteiger partial charge in [0.1, 0.15) is 11.9 Å². The number of hydrogen-bond donors (Lipinski definition) is 1. The molecule has 1 aromatic rings. The first-order valence-electron chi connectivity index (χ1n) is 8.56. The average molecular weight is 352 g/mol. The van der Waals surface area contributed by atoms with Crippen molar-refractivity contribution in [2.24, 2.45) is 10.4 Å². The van der Waals surface area contributed by atoms with E-state index in [2.05, 4.69) is 15.2 Å². The zero-order chi connectivity index (χ0) is 17.0. The van der Waals surface area contributed by atoms with Crippen LogP contribution in [0.5, 0.6) is 5.75 Å². The van der Waals surface area contributed by atoms with Crippen molar-refractivity contribution in [2.45, 2.75) is 25.9 Å². The lowest BCUT2D eigenvalue weighted by atomic mass is 9.87. The molecule has 1 spiro atoms. The summed E-state index contributed by atoms with van der Waals surface area (Å²) in [7, 11) is 1.83. The molecule has 0 bridgehead atoms. The molecule has 24 heavy (non-hydrogen) atoms. The summed E-state index contributed by atoms with van der Waals surface area (Å²) in [6.07, 6.45) is 2.36. The van der Waals surface area contributed by atoms with Crippen LogP contribution in [0, 0.1) is 5.41 Å². The summed E-state index contributed by atoms with van der Waals surface area (Å²) in [6.45, 7) is 6.57. The van der Waals surface area contributed by atoms with E-state index in [0.29, 0.717) is 17.0 Å². The molecule has 2 heterocycles. The van der Waals surface area contributed by atoms with Crippen LogP contribution >= 0.6 is 11.6 Å². The lowest BCUT2D eigenvalue weighted by Crippen LogP contribution is -2.44. The van der Waals surface area contributed by atoms with Crippen LogP contribution < -0.4 is 10.1 Å². The third-order valence-corrected chi connectivity index (χ3v) is 5.05. The molecule has 1 N–H and O–H groups in total. The molecule has 0 radical (unpaired) electrons. The Morgan fingerprint density at radius 2 is 2.38 bits per heavy atom. The Morgan fingerprint density at radius 3 is 3.08 bits per heavy atom. The van der Waals surface area contributed by atoms with Crippen LogP contribution in [0.1, 0.15) is 19.8 Å². The number of likely N-dealkylation sites (tertiary alicyclic amines) is 1. The van der Waals surface area contributed by atoms with Crippen molar-refractivity contribution in [3.8, 4) is 5.75 Å². The maximum atomic E-state index is 5.99. The summed E-state index contributed by atoms with van der Waals surface area (Å²) in [5, 5.41) is 4.11. The van der Waals surface area contributed by atoms with E-state index in [9.17, 15) is 0 Å². The Balaban J connectivity index is 1.49. The highest BCUT2D eigenvalue weighted by Gasteiger charge is 2.42. The van der Waals surface area contributed by atoms with Gasteiger partial charge in [-0.1, -0.05) is 17.7 Å². The number of nitrogens with zero attached hydrogens (tertiary/aromatic N) is 2. The molecule has 132 valence electrons. The summed E-state index contributed by atoms with van der Waals surface area (Å²) in [5.41, 5.74) is 0.334. The van der Waals surface area contributed by atoms with Crippen LogP contribution in [0.4, 0.5) is 0 Å². The topological polar surface area (TPSA) is 46.1 Å². The van der Waals surface area contributed by atoms with E-state index in [0.717, 1.165) is 44.4 Å². The van der Waals surface area contributed by atoms with Crippen LogP contribution in [0.25, 0.3) is 0 Å². The van der Waals surface area contributed by atoms with Crippen molar-refractivity contribution in [3.63, 3.8) is 0 Å². The van der Waals surface area contributed by atoms with Gasteiger partial charge in [-0.2, -0.15) is 0 Å². The zero-order valence-corrected chi connectivity index (χ0v) is 15.2. The normalized spacial score (nSPS) is 25.3. The van der Waals surface area contributed by atoms with Crippen LogP contribution in [-0.4, -0.2) is 56.9 Å². The number of guanidine groups is 1. The highest BCUT2D eigenvalue weighted by molar-refractivity contribution is 6.30. The van der Waals surface area contributed by atoms with Crippen LogP contribution in [0.3, 0.4) is 0 Å². The molecule has 5 nitrogen and oxygen atoms in total. The Labute approximate surface area is 149 Å². The highest BCUT2D eigenvalue weighted by Crippen LogP contribution is 2.38. The molecule has 1 aromatic carbocycles. The average Bonchev–Trinajstić information content (AvgIpc) is 3.19. The lowest BCUT2D eigenvalue weighted by Gasteiger charge is -2.26. The fourth-order valence-electron chi connectivity index (χ4n) is 3.47. The van der Waals surface area contributed by atoms with E-state index in [1.165, 1.54) is 6.42 Å². The molecular weight excluding hydrogens is 326 g/mol. The number of benzene rings is 1. The molecule has 2 aliphatic heterocycles. The number of ether oxygens (including phenoxy) is 2. The molecule has 0 aliphatic carbocycles. The van der Waals surface area contributed by atoms with E-state index in [4.69, 9.17) is 21.1 Å². The number of rotatable bonds is 4. The molecule has 2 atom stereocenters. The number of aliphatic imine (C=N–C) groups is 1. The van der Waals surface area contributed by atoms with Crippen LogP contribution in [0.2, 0.25) is 5.02 Å². The van der Waals surface area contributed by atoms with Crippen molar-refractivity contribution in [2.75, 3.05) is 39.9 Å². The second kappa shape index (κ2) is 7.62. The Morgan fingerprint density at radius 1 is 1.50 bits per heavy atom. The first-order valence-corrected chi connectivity index (χ1v) is 8.94. The van der Waals surface area contributed by atoms with Crippen molar-refractivity contribution in [1.82, 2.24) is 10.2 Å². The Kier molecular flexibility index (Phi) is 5.51. The fourth-order valence-corrected chi connectivity index (χ4v) is 3.65. The summed E-state index contributed by atoms with van der Waals surface area (Å²) in [4.78, 5) is 6.77. The predicted octanol–water partition coefficient (Wildman–Crippen LogP) is 2.80. The van der Waals surface area contributed by atoms with E-state index < -0.39 is 0 Å². The SMILES string of the molecule is CN=C(NCC(C)Oc1cccc(Cl)c1)N1CCC2(CCOC2)C1. The van der Waals surface area contributed by atoms with E-state index in [1.807, 2.05) is 38.2 Å². The quantitative estimate of drug-likeness (QED) is 0.669. The molecular formula is C18H26ClN3O2. The van der Waals surface area contributed by atoms with Crippen molar-refractivity contribution < 1.29 is 9.47 Å². The zero-order valence-electron chi connectivity index (χ0n) is 14.4. The predicted molar refractivity (Wildman–Crippen MR) is 97.0 cm³/mol. The molecule has 2 fully saturated rings. The molecule has 2 saturated heterocycles. The van der Waals surface area contributed by atoms with Crippen molar-refractivity contribution >= 4 is 17.6 Å². The summed E-state index contributed by atoms with van der Waals surface area (Å²) >= 11 is 5.99. The number of nitrogens with one attached hydrogen (secondary N) is 1. The van der Waals surface area contributed by atoms with E-state index in [1.54, 1.807) is 0 Å². The maximum Gasteiger partial charge on any atom is 0.193 e. The summed E-state index contributed by atoms with van der Waals surface area (Å²) in [5.74, 6) is 1.73. The molecule has 0 saturated carbocycles. The summed E-state index contributed by atoms with van der Waals surface area (Å²) < 4.78 is 11.5. The molecule has 0 aromatic heterocycles. The molecule has 0 amide bonds. The van der Waals surface area contributed by atoms with Crippen LogP contribution in [0.15, 0.2) is 29.3 Å². The van der Waals surface area contributed by atoms with Crippen molar-refractivity contribution in [3.05, 3.63) is 29.3 Å². The number of hydrogen-bond acceptors (Lipinski definition) is 3. The van der Waals surface area contributed by atoms with Gasteiger partial charge in [0.15, 0.2) is 5.96 Å². The first kappa shape index (κ1) is 17.4. The Hall–Kier alpha value is -1.46. The minimum atomic E-state index is 0.0200. The van der Waals surface area contributed by atoms with Gasteiger partial charge in [0.2, 0.25) is 0 Å². The fraction of sp³-hybridized carbons (Fsp3) is 0.611. The van der Waals surface area contributed by atoms with Crippen molar-refractivity contribution in [1.29, 1.82) is 0 Å². The monoisotopic (exact) mass is 351 g/mol. The van der Waals surface area contributed by atoms with Gasteiger partial charge in [-0.25, -0.2) is 0 Å². The van der Waals surface area contributed by atoms with Gasteiger partial charge < -0.3 is 19.7 Å². The van der Waals surface area contributed by atoms with Gasteiger partial charge in [0, 0.05) is 37.2 Å². The lowest BCUT2D eigenvalue weighted by molar-refractivity contribution is 0.156. The minimum absolute atomic E-state index is 0.0200. The smallest absolute Gasteiger partial charge is 0.193 e. The molecule has 6 heteroatoms. The van der Waals surface area contributed by atoms with Gasteiger partial charge in [-0.05, 0) is 38.0 Å². The van der Waals surface area contributed by atoms with Gasteiger partial charge in [-0.3, -0.25) is 4.99 Å². The molecule has 2 aliphatic rings. The molecule has 3 rings (SSSR count). The first-order chi connectivity index (χ1) is 11.6. The summed E-state index contributed by atoms with van der Waals surface area (Å²) in [6, 6.07) is 7.48. The van der Waals surface area contributed by atoms with Gasteiger partial charge in [0.25, 0.3) is 0 Å². The van der Waals surface area contributed by atoms with Gasteiger partial charge in [0.05, 0.1) is 13.2 Å². The van der Waals surface area contributed by atoms with Gasteiger partial charge >= 0.3 is 0 Å². The largest absolute Gasteiger partial charge is 0.489 e.